The summed E-state index contributed by atoms with van der Waals surface area (Å²) in [6, 6.07) is 0. The fourth-order valence-electron chi connectivity index (χ4n) is 4.94. The van der Waals surface area contributed by atoms with Gasteiger partial charge in [-0.25, -0.2) is 0 Å². The van der Waals surface area contributed by atoms with Crippen molar-refractivity contribution in [3.8, 4) is 0 Å². The maximum atomic E-state index is 12.2. The Balaban J connectivity index is 1.40. The van der Waals surface area contributed by atoms with Crippen LogP contribution in [0.5, 0.6) is 0 Å². The molecule has 1 amide bonds. The topological polar surface area (TPSA) is 29.1 Å². The van der Waals surface area contributed by atoms with E-state index in [2.05, 4.69) is 21.2 Å². The van der Waals surface area contributed by atoms with E-state index in [0.717, 1.165) is 36.0 Å². The van der Waals surface area contributed by atoms with Gasteiger partial charge in [-0.3, -0.25) is 4.79 Å². The van der Waals surface area contributed by atoms with Crippen LogP contribution in [0.15, 0.2) is 0 Å². The van der Waals surface area contributed by atoms with Crippen molar-refractivity contribution < 1.29 is 4.79 Å². The molecule has 0 heterocycles. The van der Waals surface area contributed by atoms with Gasteiger partial charge < -0.3 is 5.32 Å². The lowest BCUT2D eigenvalue weighted by Gasteiger charge is -2.30. The number of hydrogen-bond acceptors (Lipinski definition) is 1. The molecular formula is C17H28BrNO. The highest BCUT2D eigenvalue weighted by atomic mass is 79.9. The summed E-state index contributed by atoms with van der Waals surface area (Å²) in [5, 5.41) is 4.34. The van der Waals surface area contributed by atoms with Crippen LogP contribution >= 0.6 is 15.9 Å². The van der Waals surface area contributed by atoms with Crippen molar-refractivity contribution in [2.45, 2.75) is 57.8 Å². The lowest BCUT2D eigenvalue weighted by Crippen LogP contribution is -2.36. The van der Waals surface area contributed by atoms with Gasteiger partial charge in [-0.15, -0.1) is 0 Å². The molecule has 0 radical (unpaired) electrons. The van der Waals surface area contributed by atoms with E-state index >= 15 is 0 Å². The van der Waals surface area contributed by atoms with E-state index in [1.165, 1.54) is 51.4 Å². The Morgan fingerprint density at radius 1 is 1.00 bits per heavy atom. The summed E-state index contributed by atoms with van der Waals surface area (Å²) in [5.41, 5.74) is 0. The molecule has 2 nitrogen and oxygen atoms in total. The van der Waals surface area contributed by atoms with Crippen LogP contribution < -0.4 is 5.32 Å². The molecule has 5 unspecified atom stereocenters. The van der Waals surface area contributed by atoms with Gasteiger partial charge in [-0.05, 0) is 61.7 Å². The molecule has 0 saturated heterocycles. The van der Waals surface area contributed by atoms with Crippen molar-refractivity contribution in [3.63, 3.8) is 0 Å². The molecule has 0 aliphatic heterocycles. The highest BCUT2D eigenvalue weighted by Crippen LogP contribution is 2.49. The minimum absolute atomic E-state index is 0.321. The van der Waals surface area contributed by atoms with E-state index in [1.807, 2.05) is 0 Å². The minimum atomic E-state index is 0.321. The Bertz CT molecular complexity index is 346. The van der Waals surface area contributed by atoms with Crippen LogP contribution in [0.2, 0.25) is 0 Å². The Hall–Kier alpha value is -0.0500. The number of fused-ring (bicyclic) bond motifs is 2. The van der Waals surface area contributed by atoms with E-state index in [0.29, 0.717) is 17.7 Å². The van der Waals surface area contributed by atoms with Gasteiger partial charge >= 0.3 is 0 Å². The van der Waals surface area contributed by atoms with Crippen LogP contribution in [0.4, 0.5) is 0 Å². The van der Waals surface area contributed by atoms with Crippen LogP contribution in [0.1, 0.15) is 57.8 Å². The first-order chi connectivity index (χ1) is 9.76. The number of nitrogens with one attached hydrogen (secondary N) is 1. The highest BCUT2D eigenvalue weighted by Gasteiger charge is 2.40. The van der Waals surface area contributed by atoms with E-state index in [4.69, 9.17) is 0 Å². The summed E-state index contributed by atoms with van der Waals surface area (Å²) in [6.45, 7) is 0.913. The van der Waals surface area contributed by atoms with Gasteiger partial charge in [0.25, 0.3) is 0 Å². The fraction of sp³-hybridized carbons (Fsp3) is 0.941. The van der Waals surface area contributed by atoms with Crippen molar-refractivity contribution in [2.24, 2.45) is 29.6 Å². The van der Waals surface area contributed by atoms with Crippen molar-refractivity contribution in [1.82, 2.24) is 5.32 Å². The zero-order chi connectivity index (χ0) is 13.9. The molecule has 0 aromatic rings. The third-order valence-electron chi connectivity index (χ3n) is 6.16. The summed E-state index contributed by atoms with van der Waals surface area (Å²) in [7, 11) is 0. The summed E-state index contributed by atoms with van der Waals surface area (Å²) in [5.74, 6) is 4.32. The molecule has 2 bridgehead atoms. The Morgan fingerprint density at radius 2 is 1.80 bits per heavy atom. The molecule has 3 aliphatic carbocycles. The van der Waals surface area contributed by atoms with E-state index in [9.17, 15) is 4.79 Å². The van der Waals surface area contributed by atoms with E-state index < -0.39 is 0 Å². The first-order valence-corrected chi connectivity index (χ1v) is 9.71. The van der Waals surface area contributed by atoms with Crippen LogP contribution in [-0.4, -0.2) is 17.8 Å². The number of amides is 1. The van der Waals surface area contributed by atoms with E-state index in [-0.39, 0.29) is 0 Å². The van der Waals surface area contributed by atoms with Gasteiger partial charge in [0.2, 0.25) is 5.91 Å². The normalized spacial score (nSPS) is 40.0. The van der Waals surface area contributed by atoms with Gasteiger partial charge in [0, 0.05) is 18.3 Å². The molecule has 20 heavy (non-hydrogen) atoms. The van der Waals surface area contributed by atoms with Crippen molar-refractivity contribution in [1.29, 1.82) is 0 Å². The van der Waals surface area contributed by atoms with Crippen molar-refractivity contribution in [2.75, 3.05) is 11.9 Å². The second kappa shape index (κ2) is 6.81. The maximum absolute atomic E-state index is 12.2. The standard InChI is InChI=1S/C17H28BrNO/c18-10-14-3-1-2-4-15(14)11-19-17(20)9-16-8-12-5-6-13(16)7-12/h12-16H,1-11H2,(H,19,20). The van der Waals surface area contributed by atoms with Crippen molar-refractivity contribution in [3.05, 3.63) is 0 Å². The first kappa shape index (κ1) is 14.9. The third kappa shape index (κ3) is 3.40. The van der Waals surface area contributed by atoms with Crippen LogP contribution in [0.25, 0.3) is 0 Å². The summed E-state index contributed by atoms with van der Waals surface area (Å²) in [4.78, 5) is 12.2. The second-order valence-corrected chi connectivity index (χ2v) is 8.05. The van der Waals surface area contributed by atoms with Crippen LogP contribution in [-0.2, 0) is 4.79 Å². The predicted molar refractivity (Wildman–Crippen MR) is 85.8 cm³/mol. The molecule has 3 saturated carbocycles. The van der Waals surface area contributed by atoms with Gasteiger partial charge in [0.1, 0.15) is 0 Å². The average Bonchev–Trinajstić information content (AvgIpc) is 3.08. The van der Waals surface area contributed by atoms with E-state index in [1.54, 1.807) is 0 Å². The minimum Gasteiger partial charge on any atom is -0.356 e. The fourth-order valence-corrected chi connectivity index (χ4v) is 5.79. The largest absolute Gasteiger partial charge is 0.356 e. The quantitative estimate of drug-likeness (QED) is 0.748. The first-order valence-electron chi connectivity index (χ1n) is 8.59. The monoisotopic (exact) mass is 341 g/mol. The molecule has 0 aromatic carbocycles. The predicted octanol–water partition coefficient (Wildman–Crippen LogP) is 4.13. The summed E-state index contributed by atoms with van der Waals surface area (Å²) in [6.07, 6.45) is 11.7. The molecule has 5 atom stereocenters. The van der Waals surface area contributed by atoms with Gasteiger partial charge in [-0.1, -0.05) is 35.2 Å². The maximum Gasteiger partial charge on any atom is 0.220 e. The van der Waals surface area contributed by atoms with Crippen molar-refractivity contribution >= 4 is 21.8 Å². The Labute approximate surface area is 131 Å². The molecule has 0 spiro atoms. The summed E-state index contributed by atoms with van der Waals surface area (Å²) < 4.78 is 0. The highest BCUT2D eigenvalue weighted by molar-refractivity contribution is 9.09. The molecule has 1 N–H and O–H groups in total. The Kier molecular flexibility index (Phi) is 5.06. The SMILES string of the molecule is O=C(CC1CC2CCC1C2)NCC1CCCCC1CBr. The zero-order valence-corrected chi connectivity index (χ0v) is 14.0. The molecular weight excluding hydrogens is 314 g/mol. The molecule has 3 fully saturated rings. The molecule has 3 rings (SSSR count). The number of carbonyl (C=O) groups is 1. The lowest BCUT2D eigenvalue weighted by atomic mass is 9.80. The Morgan fingerprint density at radius 3 is 2.45 bits per heavy atom. The molecule has 3 aliphatic rings. The second-order valence-electron chi connectivity index (χ2n) is 7.40. The molecule has 0 aromatic heterocycles. The molecule has 114 valence electrons. The van der Waals surface area contributed by atoms with Crippen LogP contribution in [0, 0.1) is 29.6 Å². The summed E-state index contributed by atoms with van der Waals surface area (Å²) >= 11 is 3.64. The molecule has 3 heteroatoms. The zero-order valence-electron chi connectivity index (χ0n) is 12.5. The number of alkyl halides is 1. The van der Waals surface area contributed by atoms with Gasteiger partial charge in [0.15, 0.2) is 0 Å². The number of hydrogen-bond donors (Lipinski definition) is 1. The smallest absolute Gasteiger partial charge is 0.220 e. The van der Waals surface area contributed by atoms with Crippen LogP contribution in [0.3, 0.4) is 0 Å². The van der Waals surface area contributed by atoms with Gasteiger partial charge in [0.05, 0.1) is 0 Å². The number of carbonyl (C=O) groups excluding carboxylic acids is 1. The number of rotatable bonds is 5. The van der Waals surface area contributed by atoms with Gasteiger partial charge in [-0.2, -0.15) is 0 Å². The third-order valence-corrected chi connectivity index (χ3v) is 6.99. The average molecular weight is 342 g/mol. The lowest BCUT2D eigenvalue weighted by molar-refractivity contribution is -0.122. The number of halogens is 1.